The first-order valence-electron chi connectivity index (χ1n) is 4.30. The SMILES string of the molecule is O=C1NC(=S)S/C1=C\c1cccc(O)c1F. The number of carbonyl (C=O) groups excluding carboxylic acids is 1. The van der Waals surface area contributed by atoms with Crippen molar-refractivity contribution in [3.05, 3.63) is 34.5 Å². The molecule has 0 aromatic heterocycles. The van der Waals surface area contributed by atoms with Crippen molar-refractivity contribution in [2.24, 2.45) is 0 Å². The molecule has 2 N–H and O–H groups in total. The lowest BCUT2D eigenvalue weighted by Crippen LogP contribution is -2.17. The van der Waals surface area contributed by atoms with Crippen LogP contribution in [0.5, 0.6) is 5.75 Å². The largest absolute Gasteiger partial charge is 0.505 e. The van der Waals surface area contributed by atoms with E-state index in [0.717, 1.165) is 11.8 Å². The molecule has 82 valence electrons. The third-order valence-electron chi connectivity index (χ3n) is 1.94. The van der Waals surface area contributed by atoms with E-state index >= 15 is 0 Å². The Morgan fingerprint density at radius 2 is 2.25 bits per heavy atom. The highest BCUT2D eigenvalue weighted by atomic mass is 32.2. The third kappa shape index (κ3) is 2.07. The monoisotopic (exact) mass is 255 g/mol. The van der Waals surface area contributed by atoms with Gasteiger partial charge in [0.1, 0.15) is 4.32 Å². The molecule has 1 aliphatic rings. The first-order valence-corrected chi connectivity index (χ1v) is 5.53. The molecule has 0 unspecified atom stereocenters. The molecule has 0 saturated carbocycles. The Balaban J connectivity index is 2.40. The molecule has 1 amide bonds. The summed E-state index contributed by atoms with van der Waals surface area (Å²) in [6.07, 6.45) is 1.36. The van der Waals surface area contributed by atoms with Crippen molar-refractivity contribution in [1.29, 1.82) is 0 Å². The molecule has 0 aliphatic carbocycles. The highest BCUT2D eigenvalue weighted by Gasteiger charge is 2.22. The van der Waals surface area contributed by atoms with Gasteiger partial charge in [0.25, 0.3) is 5.91 Å². The summed E-state index contributed by atoms with van der Waals surface area (Å²) in [5.41, 5.74) is 0.155. The number of benzene rings is 1. The van der Waals surface area contributed by atoms with Gasteiger partial charge >= 0.3 is 0 Å². The van der Waals surface area contributed by atoms with Crippen molar-refractivity contribution >= 4 is 40.3 Å². The van der Waals surface area contributed by atoms with E-state index in [4.69, 9.17) is 17.3 Å². The summed E-state index contributed by atoms with van der Waals surface area (Å²) in [6, 6.07) is 4.21. The van der Waals surface area contributed by atoms with Gasteiger partial charge in [-0.25, -0.2) is 4.39 Å². The van der Waals surface area contributed by atoms with Crippen LogP contribution < -0.4 is 5.32 Å². The van der Waals surface area contributed by atoms with E-state index in [1.54, 1.807) is 0 Å². The summed E-state index contributed by atoms with van der Waals surface area (Å²) in [5, 5.41) is 11.6. The fourth-order valence-electron chi connectivity index (χ4n) is 1.21. The molecule has 1 saturated heterocycles. The summed E-state index contributed by atoms with van der Waals surface area (Å²) in [5.74, 6) is -1.54. The number of thioether (sulfide) groups is 1. The number of hydrogen-bond acceptors (Lipinski definition) is 4. The van der Waals surface area contributed by atoms with E-state index in [1.807, 2.05) is 0 Å². The Labute approximate surface area is 100 Å². The minimum Gasteiger partial charge on any atom is -0.505 e. The topological polar surface area (TPSA) is 49.3 Å². The second-order valence-corrected chi connectivity index (χ2v) is 4.75. The Hall–Kier alpha value is -1.40. The number of carbonyl (C=O) groups is 1. The molecule has 2 rings (SSSR count). The maximum absolute atomic E-state index is 13.4. The molecule has 1 aromatic carbocycles. The van der Waals surface area contributed by atoms with Gasteiger partial charge in [0.15, 0.2) is 11.6 Å². The zero-order chi connectivity index (χ0) is 11.7. The van der Waals surface area contributed by atoms with Gasteiger partial charge in [0, 0.05) is 5.56 Å². The quantitative estimate of drug-likeness (QED) is 0.595. The number of amides is 1. The maximum Gasteiger partial charge on any atom is 0.263 e. The van der Waals surface area contributed by atoms with Gasteiger partial charge < -0.3 is 10.4 Å². The van der Waals surface area contributed by atoms with Crippen LogP contribution in [-0.2, 0) is 4.79 Å². The smallest absolute Gasteiger partial charge is 0.263 e. The Morgan fingerprint density at radius 3 is 2.88 bits per heavy atom. The van der Waals surface area contributed by atoms with Gasteiger partial charge in [-0.1, -0.05) is 36.1 Å². The lowest BCUT2D eigenvalue weighted by molar-refractivity contribution is -0.115. The fraction of sp³-hybridized carbons (Fsp3) is 0. The van der Waals surface area contributed by atoms with E-state index in [-0.39, 0.29) is 11.5 Å². The highest BCUT2D eigenvalue weighted by molar-refractivity contribution is 8.26. The molecule has 1 fully saturated rings. The van der Waals surface area contributed by atoms with E-state index in [2.05, 4.69) is 5.32 Å². The zero-order valence-electron chi connectivity index (χ0n) is 7.86. The Kier molecular flexibility index (Phi) is 2.93. The number of phenols is 1. The normalized spacial score (nSPS) is 17.9. The summed E-state index contributed by atoms with van der Waals surface area (Å²) >= 11 is 5.86. The second kappa shape index (κ2) is 4.23. The van der Waals surface area contributed by atoms with Gasteiger partial charge in [0.2, 0.25) is 0 Å². The molecular weight excluding hydrogens is 249 g/mol. The molecule has 1 aromatic rings. The molecule has 1 heterocycles. The van der Waals surface area contributed by atoms with Crippen LogP contribution in [0.25, 0.3) is 6.08 Å². The zero-order valence-corrected chi connectivity index (χ0v) is 9.49. The average Bonchev–Trinajstić information content (AvgIpc) is 2.53. The van der Waals surface area contributed by atoms with Crippen molar-refractivity contribution in [3.63, 3.8) is 0 Å². The lowest BCUT2D eigenvalue weighted by atomic mass is 10.2. The predicted molar refractivity (Wildman–Crippen MR) is 64.4 cm³/mol. The average molecular weight is 255 g/mol. The van der Waals surface area contributed by atoms with Crippen molar-refractivity contribution in [2.75, 3.05) is 0 Å². The molecule has 0 bridgehead atoms. The van der Waals surface area contributed by atoms with Crippen LogP contribution in [0.1, 0.15) is 5.56 Å². The third-order valence-corrected chi connectivity index (χ3v) is 3.10. The van der Waals surface area contributed by atoms with Gasteiger partial charge in [-0.2, -0.15) is 0 Å². The molecule has 0 spiro atoms. The molecule has 6 heteroatoms. The number of nitrogens with one attached hydrogen (secondary N) is 1. The van der Waals surface area contributed by atoms with Crippen LogP contribution in [0.15, 0.2) is 23.1 Å². The standard InChI is InChI=1S/C10H6FNO2S2/c11-8-5(2-1-3-6(8)13)4-7-9(14)12-10(15)16-7/h1-4,13H,(H,12,14,15)/b7-4-. The number of halogens is 1. The number of hydrogen-bond donors (Lipinski definition) is 2. The van der Waals surface area contributed by atoms with Crippen LogP contribution in [-0.4, -0.2) is 15.3 Å². The number of phenolic OH excluding ortho intramolecular Hbond substituents is 1. The van der Waals surface area contributed by atoms with Gasteiger partial charge in [-0.05, 0) is 12.1 Å². The van der Waals surface area contributed by atoms with Crippen LogP contribution in [0.2, 0.25) is 0 Å². The van der Waals surface area contributed by atoms with E-state index in [9.17, 15) is 9.18 Å². The first kappa shape index (κ1) is 11.1. The van der Waals surface area contributed by atoms with Gasteiger partial charge in [-0.15, -0.1) is 0 Å². The lowest BCUT2D eigenvalue weighted by Gasteiger charge is -1.99. The minimum atomic E-state index is -0.749. The van der Waals surface area contributed by atoms with Crippen LogP contribution in [0.4, 0.5) is 4.39 Å². The summed E-state index contributed by atoms with van der Waals surface area (Å²) in [7, 11) is 0. The van der Waals surface area contributed by atoms with Crippen molar-refractivity contribution in [1.82, 2.24) is 5.32 Å². The van der Waals surface area contributed by atoms with Crippen LogP contribution in [0, 0.1) is 5.82 Å². The van der Waals surface area contributed by atoms with Crippen LogP contribution >= 0.6 is 24.0 Å². The first-order chi connectivity index (χ1) is 7.58. The van der Waals surface area contributed by atoms with E-state index in [1.165, 1.54) is 24.3 Å². The van der Waals surface area contributed by atoms with Gasteiger partial charge in [-0.3, -0.25) is 4.79 Å². The molecule has 3 nitrogen and oxygen atoms in total. The fourth-order valence-corrected chi connectivity index (χ4v) is 2.25. The van der Waals surface area contributed by atoms with Crippen molar-refractivity contribution < 1.29 is 14.3 Å². The summed E-state index contributed by atoms with van der Waals surface area (Å²) < 4.78 is 13.8. The predicted octanol–water partition coefficient (Wildman–Crippen LogP) is 2.02. The van der Waals surface area contributed by atoms with Crippen molar-refractivity contribution in [3.8, 4) is 5.75 Å². The molecular formula is C10H6FNO2S2. The second-order valence-electron chi connectivity index (χ2n) is 3.03. The molecule has 0 atom stereocenters. The molecule has 16 heavy (non-hydrogen) atoms. The number of aromatic hydroxyl groups is 1. The Morgan fingerprint density at radius 1 is 1.50 bits per heavy atom. The van der Waals surface area contributed by atoms with Crippen LogP contribution in [0.3, 0.4) is 0 Å². The number of rotatable bonds is 1. The molecule has 1 aliphatic heterocycles. The van der Waals surface area contributed by atoms with E-state index in [0.29, 0.717) is 9.23 Å². The minimum absolute atomic E-state index is 0.155. The Bertz CT molecular complexity index is 514. The number of thiocarbonyl (C=S) groups is 1. The van der Waals surface area contributed by atoms with Crippen molar-refractivity contribution in [2.45, 2.75) is 0 Å². The maximum atomic E-state index is 13.4. The highest BCUT2D eigenvalue weighted by Crippen LogP contribution is 2.28. The summed E-state index contributed by atoms with van der Waals surface area (Å²) in [6.45, 7) is 0. The van der Waals surface area contributed by atoms with Gasteiger partial charge in [0.05, 0.1) is 4.91 Å². The van der Waals surface area contributed by atoms with E-state index < -0.39 is 11.6 Å². The molecule has 0 radical (unpaired) electrons. The summed E-state index contributed by atoms with van der Waals surface area (Å²) in [4.78, 5) is 11.6.